The predicted molar refractivity (Wildman–Crippen MR) is 59.8 cm³/mol. The summed E-state index contributed by atoms with van der Waals surface area (Å²) in [5.41, 5.74) is -0.545. The SMILES string of the molecule is N#CC1(NC(=O)C[NH+]2CCCC2)CCCC1. The fourth-order valence-corrected chi connectivity index (χ4v) is 2.83. The number of hydrogen-bond acceptors (Lipinski definition) is 2. The average molecular weight is 222 g/mol. The zero-order valence-corrected chi connectivity index (χ0v) is 9.72. The zero-order valence-electron chi connectivity index (χ0n) is 9.72. The lowest BCUT2D eigenvalue weighted by Crippen LogP contribution is -3.11. The van der Waals surface area contributed by atoms with Crippen molar-refractivity contribution < 1.29 is 9.69 Å². The number of nitrogens with zero attached hydrogens (tertiary/aromatic N) is 1. The van der Waals surface area contributed by atoms with Gasteiger partial charge in [-0.1, -0.05) is 0 Å². The van der Waals surface area contributed by atoms with Crippen molar-refractivity contribution in [1.82, 2.24) is 5.32 Å². The molecule has 0 atom stereocenters. The minimum atomic E-state index is -0.545. The molecular weight excluding hydrogens is 202 g/mol. The van der Waals surface area contributed by atoms with Crippen LogP contribution in [0, 0.1) is 11.3 Å². The molecule has 4 nitrogen and oxygen atoms in total. The first-order valence-electron chi connectivity index (χ1n) is 6.30. The molecule has 1 heterocycles. The number of carbonyl (C=O) groups is 1. The lowest BCUT2D eigenvalue weighted by molar-refractivity contribution is -0.879. The Labute approximate surface area is 96.6 Å². The van der Waals surface area contributed by atoms with Crippen molar-refractivity contribution in [2.45, 2.75) is 44.1 Å². The van der Waals surface area contributed by atoms with Crippen LogP contribution in [0.2, 0.25) is 0 Å². The summed E-state index contributed by atoms with van der Waals surface area (Å²) in [6, 6.07) is 2.29. The number of carbonyl (C=O) groups excluding carboxylic acids is 1. The van der Waals surface area contributed by atoms with E-state index >= 15 is 0 Å². The van der Waals surface area contributed by atoms with Crippen molar-refractivity contribution in [3.05, 3.63) is 0 Å². The van der Waals surface area contributed by atoms with Gasteiger partial charge in [-0.25, -0.2) is 0 Å². The van der Waals surface area contributed by atoms with Crippen LogP contribution < -0.4 is 10.2 Å². The Hall–Kier alpha value is -1.08. The minimum Gasteiger partial charge on any atom is -0.333 e. The van der Waals surface area contributed by atoms with Crippen molar-refractivity contribution in [3.8, 4) is 6.07 Å². The first-order valence-corrected chi connectivity index (χ1v) is 6.30. The second-order valence-electron chi connectivity index (χ2n) is 5.08. The van der Waals surface area contributed by atoms with E-state index in [0.29, 0.717) is 6.54 Å². The first kappa shape index (κ1) is 11.4. The average Bonchev–Trinajstić information content (AvgIpc) is 2.90. The van der Waals surface area contributed by atoms with E-state index in [2.05, 4.69) is 11.4 Å². The van der Waals surface area contributed by atoms with Gasteiger partial charge in [-0.3, -0.25) is 4.79 Å². The maximum absolute atomic E-state index is 11.8. The van der Waals surface area contributed by atoms with Crippen LogP contribution in [0.3, 0.4) is 0 Å². The molecule has 1 saturated carbocycles. The molecule has 0 aromatic carbocycles. The third-order valence-corrected chi connectivity index (χ3v) is 3.77. The van der Waals surface area contributed by atoms with Crippen LogP contribution in [0.1, 0.15) is 38.5 Å². The Morgan fingerprint density at radius 1 is 1.25 bits per heavy atom. The molecule has 0 spiro atoms. The minimum absolute atomic E-state index is 0.0559. The summed E-state index contributed by atoms with van der Waals surface area (Å²) >= 11 is 0. The summed E-state index contributed by atoms with van der Waals surface area (Å²) in [7, 11) is 0. The molecule has 16 heavy (non-hydrogen) atoms. The number of amides is 1. The molecule has 4 heteroatoms. The Balaban J connectivity index is 1.83. The molecule has 2 N–H and O–H groups in total. The quantitative estimate of drug-likeness (QED) is 0.684. The number of quaternary nitrogens is 1. The van der Waals surface area contributed by atoms with Gasteiger partial charge < -0.3 is 10.2 Å². The van der Waals surface area contributed by atoms with Crippen molar-refractivity contribution in [2.24, 2.45) is 0 Å². The number of nitrogens with one attached hydrogen (secondary N) is 2. The molecule has 2 fully saturated rings. The van der Waals surface area contributed by atoms with E-state index < -0.39 is 5.54 Å². The van der Waals surface area contributed by atoms with Gasteiger partial charge in [-0.15, -0.1) is 0 Å². The predicted octanol–water partition coefficient (Wildman–Crippen LogP) is -0.382. The van der Waals surface area contributed by atoms with Crippen molar-refractivity contribution in [2.75, 3.05) is 19.6 Å². The largest absolute Gasteiger partial charge is 0.333 e. The number of hydrogen-bond donors (Lipinski definition) is 2. The van der Waals surface area contributed by atoms with Crippen LogP contribution >= 0.6 is 0 Å². The molecule has 0 aromatic heterocycles. The van der Waals surface area contributed by atoms with Gasteiger partial charge in [-0.05, 0) is 25.7 Å². The monoisotopic (exact) mass is 222 g/mol. The third kappa shape index (κ3) is 2.53. The van der Waals surface area contributed by atoms with E-state index in [1.165, 1.54) is 17.7 Å². The van der Waals surface area contributed by atoms with Gasteiger partial charge in [0.05, 0.1) is 19.2 Å². The lowest BCUT2D eigenvalue weighted by Gasteiger charge is -2.22. The summed E-state index contributed by atoms with van der Waals surface area (Å²) in [5.74, 6) is 0.0559. The molecule has 88 valence electrons. The van der Waals surface area contributed by atoms with E-state index in [9.17, 15) is 4.79 Å². The standard InChI is InChI=1S/C12H19N3O/c13-10-12(5-1-2-6-12)14-11(16)9-15-7-3-4-8-15/h1-9H2,(H,14,16)/p+1. The fourth-order valence-electron chi connectivity index (χ4n) is 2.83. The molecule has 1 aliphatic carbocycles. The maximum Gasteiger partial charge on any atom is 0.276 e. The van der Waals surface area contributed by atoms with Gasteiger partial charge in [0.1, 0.15) is 5.54 Å². The molecule has 0 unspecified atom stereocenters. The van der Waals surface area contributed by atoms with Gasteiger partial charge >= 0.3 is 0 Å². The molecule has 1 saturated heterocycles. The maximum atomic E-state index is 11.8. The van der Waals surface area contributed by atoms with E-state index in [4.69, 9.17) is 5.26 Å². The summed E-state index contributed by atoms with van der Waals surface area (Å²) in [6.07, 6.45) is 6.22. The highest BCUT2D eigenvalue weighted by molar-refractivity contribution is 5.78. The van der Waals surface area contributed by atoms with Crippen LogP contribution in [-0.2, 0) is 4.79 Å². The summed E-state index contributed by atoms with van der Waals surface area (Å²) in [4.78, 5) is 13.2. The highest BCUT2D eigenvalue weighted by Crippen LogP contribution is 2.28. The van der Waals surface area contributed by atoms with Gasteiger partial charge in [-0.2, -0.15) is 5.26 Å². The van der Waals surface area contributed by atoms with Crippen molar-refractivity contribution in [3.63, 3.8) is 0 Å². The van der Waals surface area contributed by atoms with Crippen LogP contribution in [-0.4, -0.2) is 31.1 Å². The lowest BCUT2D eigenvalue weighted by atomic mass is 10.00. The molecule has 1 aliphatic heterocycles. The molecule has 0 radical (unpaired) electrons. The Morgan fingerprint density at radius 2 is 1.88 bits per heavy atom. The molecule has 1 amide bonds. The van der Waals surface area contributed by atoms with E-state index in [1.54, 1.807) is 0 Å². The first-order chi connectivity index (χ1) is 7.74. The van der Waals surface area contributed by atoms with E-state index in [-0.39, 0.29) is 5.91 Å². The van der Waals surface area contributed by atoms with E-state index in [0.717, 1.165) is 38.8 Å². The fraction of sp³-hybridized carbons (Fsp3) is 0.833. The molecule has 0 aromatic rings. The molecule has 0 bridgehead atoms. The second-order valence-corrected chi connectivity index (χ2v) is 5.08. The zero-order chi connectivity index (χ0) is 11.4. The van der Waals surface area contributed by atoms with Crippen LogP contribution in [0.4, 0.5) is 0 Å². The second kappa shape index (κ2) is 4.84. The topological polar surface area (TPSA) is 57.3 Å². The van der Waals surface area contributed by atoms with Crippen molar-refractivity contribution in [1.29, 1.82) is 5.26 Å². The van der Waals surface area contributed by atoms with E-state index in [1.807, 2.05) is 0 Å². The van der Waals surface area contributed by atoms with Gasteiger partial charge in [0, 0.05) is 12.8 Å². The number of nitriles is 1. The Morgan fingerprint density at radius 3 is 2.44 bits per heavy atom. The normalized spacial score (nSPS) is 24.2. The highest BCUT2D eigenvalue weighted by Gasteiger charge is 2.36. The van der Waals surface area contributed by atoms with Gasteiger partial charge in [0.2, 0.25) is 0 Å². The third-order valence-electron chi connectivity index (χ3n) is 3.77. The van der Waals surface area contributed by atoms with Crippen LogP contribution in [0.5, 0.6) is 0 Å². The van der Waals surface area contributed by atoms with Crippen LogP contribution in [0.15, 0.2) is 0 Å². The van der Waals surface area contributed by atoms with Gasteiger partial charge in [0.15, 0.2) is 6.54 Å². The summed E-state index contributed by atoms with van der Waals surface area (Å²) < 4.78 is 0. The molecule has 2 aliphatic rings. The number of likely N-dealkylation sites (tertiary alicyclic amines) is 1. The molecule has 2 rings (SSSR count). The van der Waals surface area contributed by atoms with Gasteiger partial charge in [0.25, 0.3) is 5.91 Å². The Bertz CT molecular complexity index is 296. The molecular formula is C12H20N3O+. The summed E-state index contributed by atoms with van der Waals surface area (Å²) in [5, 5.41) is 12.1. The number of rotatable bonds is 3. The smallest absolute Gasteiger partial charge is 0.276 e. The summed E-state index contributed by atoms with van der Waals surface area (Å²) in [6.45, 7) is 2.75. The Kier molecular flexibility index (Phi) is 3.45. The van der Waals surface area contributed by atoms with Crippen LogP contribution in [0.25, 0.3) is 0 Å². The van der Waals surface area contributed by atoms with Crippen molar-refractivity contribution >= 4 is 5.91 Å². The highest BCUT2D eigenvalue weighted by atomic mass is 16.2.